The van der Waals surface area contributed by atoms with Crippen molar-refractivity contribution in [3.05, 3.63) is 63.7 Å². The number of benzene rings is 2. The van der Waals surface area contributed by atoms with Gasteiger partial charge in [-0.1, -0.05) is 12.1 Å². The number of rotatable bonds is 15. The fraction of sp³-hybridized carbons (Fsp3) is 0.558. The lowest BCUT2D eigenvalue weighted by Gasteiger charge is -2.59. The van der Waals surface area contributed by atoms with Gasteiger partial charge < -0.3 is 65.2 Å². The third-order valence-electron chi connectivity index (χ3n) is 15.0. The quantitative estimate of drug-likeness (QED) is 0.0698. The van der Waals surface area contributed by atoms with Crippen LogP contribution in [0.2, 0.25) is 0 Å². The second-order valence-corrected chi connectivity index (χ2v) is 19.7. The van der Waals surface area contributed by atoms with Crippen LogP contribution in [0.25, 0.3) is 0 Å². The predicted octanol–water partition coefficient (Wildman–Crippen LogP) is -1.15. The second kappa shape index (κ2) is 24.9. The van der Waals surface area contributed by atoms with Crippen LogP contribution in [0.4, 0.5) is 0 Å². The Labute approximate surface area is 438 Å². The highest BCUT2D eigenvalue weighted by Crippen LogP contribution is 2.50. The highest BCUT2D eigenvalue weighted by Gasteiger charge is 2.54. The largest absolute Gasteiger partial charge is 0.507 e. The van der Waals surface area contributed by atoms with Gasteiger partial charge in [0.15, 0.2) is 12.1 Å². The molecule has 4 fully saturated rings. The summed E-state index contributed by atoms with van der Waals surface area (Å²) in [6.45, 7) is 5.02. The fourth-order valence-electron chi connectivity index (χ4n) is 11.1. The maximum Gasteiger partial charge on any atom is 0.253 e. The first-order chi connectivity index (χ1) is 36.5. The highest BCUT2D eigenvalue weighted by molar-refractivity contribution is 6.31. The molecule has 2 aromatic carbocycles. The summed E-state index contributed by atoms with van der Waals surface area (Å²) < 4.78 is 27.3. The average Bonchev–Trinajstić information content (AvgIpc) is 3.74. The number of hydrogen-bond acceptors (Lipinski definition) is 18. The summed E-state index contributed by atoms with van der Waals surface area (Å²) in [4.78, 5) is 117. The molecule has 76 heavy (non-hydrogen) atoms. The van der Waals surface area contributed by atoms with E-state index in [1.807, 2.05) is 0 Å². The molecule has 5 atom stereocenters. The van der Waals surface area contributed by atoms with Crippen LogP contribution in [0.15, 0.2) is 30.4 Å². The molecule has 1 spiro atoms. The summed E-state index contributed by atoms with van der Waals surface area (Å²) in [6, 6.07) is 4.84. The van der Waals surface area contributed by atoms with E-state index in [-0.39, 0.29) is 113 Å². The highest BCUT2D eigenvalue weighted by atomic mass is 16.7. The van der Waals surface area contributed by atoms with Gasteiger partial charge in [0.05, 0.1) is 62.2 Å². The first-order valence-electron chi connectivity index (χ1n) is 25.2. The van der Waals surface area contributed by atoms with Gasteiger partial charge in [-0.05, 0) is 51.5 Å². The van der Waals surface area contributed by atoms with Gasteiger partial charge in [0.25, 0.3) is 11.8 Å². The summed E-state index contributed by atoms with van der Waals surface area (Å²) in [5, 5.41) is 39.7. The fourth-order valence-corrected chi connectivity index (χ4v) is 11.1. The third kappa shape index (κ3) is 12.2. The van der Waals surface area contributed by atoms with E-state index < -0.39 is 65.9 Å². The number of ether oxygens (including phenoxy) is 5. The van der Waals surface area contributed by atoms with Crippen molar-refractivity contribution in [2.45, 2.75) is 82.5 Å². The number of aromatic hydroxyl groups is 2. The molecule has 7 N–H and O–H groups in total. The number of methoxy groups -OCH3 is 3. The van der Waals surface area contributed by atoms with Crippen LogP contribution < -0.4 is 26.0 Å². The molecule has 0 bridgehead atoms. The monoisotopic (exact) mass is 1060 g/mol. The standard InChI is InChI=1S/C39H40N6O12.C12H23NO4.CH4O/c1-57-24-4-2-3-22-31(24)37(55)33-32(35(22)53)36(54)23-11-19(5-6-21(23)34(33)52)38(56)43-20-12-39(13-20)17-44(18-39)30(51)16-42-27(48)15-41-26(47)14-40-25(46)9-10-45-28(49)7-8-29(45)50;1-9-12(15-3)10(4-6-16-9)13-5-7-17-11(8-13)14-2;1-2/h2-4,7-8,19-20,52,54H,5-6,9-18H2,1H3,(H,40,46)(H,41,47)(H,42,48)(H,43,56);9-12H,4-8H2,1-3H3;2H,1H3. The Morgan fingerprint density at radius 1 is 0.776 bits per heavy atom. The molecular formula is C52H67N7O17. The zero-order chi connectivity index (χ0) is 55.0. The number of imide groups is 1. The topological polar surface area (TPSA) is 318 Å². The summed E-state index contributed by atoms with van der Waals surface area (Å²) >= 11 is 0. The first kappa shape index (κ1) is 56.9. The number of aliphatic hydroxyl groups is 1. The van der Waals surface area contributed by atoms with Crippen molar-refractivity contribution in [1.82, 2.24) is 36.0 Å². The molecule has 1 saturated carbocycles. The minimum Gasteiger partial charge on any atom is -0.507 e. The number of nitrogens with one attached hydrogen (secondary N) is 4. The molecule has 3 aliphatic carbocycles. The molecule has 2 aromatic rings. The molecule has 7 amide bonds. The van der Waals surface area contributed by atoms with Gasteiger partial charge in [-0.15, -0.1) is 0 Å². The molecule has 9 rings (SSSR count). The lowest BCUT2D eigenvalue weighted by Crippen LogP contribution is -2.68. The molecule has 5 unspecified atom stereocenters. The Bertz CT molecular complexity index is 2610. The number of carbonyl (C=O) groups is 9. The van der Waals surface area contributed by atoms with Crippen molar-refractivity contribution in [2.24, 2.45) is 11.3 Å². The number of fused-ring (bicyclic) bond motifs is 3. The van der Waals surface area contributed by atoms with Crippen LogP contribution in [0, 0.1) is 11.3 Å². The molecule has 7 aliphatic rings. The van der Waals surface area contributed by atoms with Gasteiger partial charge in [-0.3, -0.25) is 53.0 Å². The summed E-state index contributed by atoms with van der Waals surface area (Å²) in [5.41, 5.74) is -0.0150. The minimum absolute atomic E-state index is 0.0234. The Balaban J connectivity index is 0.000000373. The molecular weight excluding hydrogens is 995 g/mol. The number of carbonyl (C=O) groups excluding carboxylic acids is 9. The smallest absolute Gasteiger partial charge is 0.253 e. The number of ketones is 2. The van der Waals surface area contributed by atoms with Crippen LogP contribution in [0.5, 0.6) is 17.2 Å². The molecule has 0 radical (unpaired) electrons. The SMILES string of the molecule is CO.COC1CN(C2CCOC(C)C2OC)CCO1.COc1cccc2c1C(=O)c1c(O)c3c(c(O)c1C2=O)CC(C(=O)NC1CC2(C1)CN(C(=O)CNC(=O)CNC(=O)CNC(=O)CCN1C(=O)C=CC1=O)C2)CC3. The minimum atomic E-state index is -0.650. The first-order valence-corrected chi connectivity index (χ1v) is 25.2. The predicted molar refractivity (Wildman–Crippen MR) is 266 cm³/mol. The molecule has 24 heteroatoms. The van der Waals surface area contributed by atoms with E-state index in [1.54, 1.807) is 31.3 Å². The zero-order valence-corrected chi connectivity index (χ0v) is 43.3. The number of aliphatic hydroxyl groups excluding tert-OH is 1. The van der Waals surface area contributed by atoms with Crippen LogP contribution in [-0.2, 0) is 65.4 Å². The molecule has 0 aromatic heterocycles. The van der Waals surface area contributed by atoms with Gasteiger partial charge in [-0.25, -0.2) is 0 Å². The molecule has 4 aliphatic heterocycles. The Morgan fingerprint density at radius 3 is 2.08 bits per heavy atom. The van der Waals surface area contributed by atoms with Crippen molar-refractivity contribution < 1.29 is 82.2 Å². The van der Waals surface area contributed by atoms with Crippen molar-refractivity contribution >= 4 is 52.9 Å². The average molecular weight is 1060 g/mol. The lowest BCUT2D eigenvalue weighted by atomic mass is 9.60. The maximum absolute atomic E-state index is 13.5. The van der Waals surface area contributed by atoms with Crippen molar-refractivity contribution in [1.29, 1.82) is 0 Å². The lowest BCUT2D eigenvalue weighted by molar-refractivity contribution is -0.193. The molecule has 3 saturated heterocycles. The number of hydrogen-bond donors (Lipinski definition) is 7. The number of morpholine rings is 1. The number of nitrogens with zero attached hydrogens (tertiary/aromatic N) is 3. The van der Waals surface area contributed by atoms with E-state index in [1.165, 1.54) is 13.2 Å². The summed E-state index contributed by atoms with van der Waals surface area (Å²) in [7, 11) is 5.82. The van der Waals surface area contributed by atoms with Crippen molar-refractivity contribution in [2.75, 3.05) is 94.0 Å². The molecule has 24 nitrogen and oxygen atoms in total. The van der Waals surface area contributed by atoms with E-state index >= 15 is 0 Å². The van der Waals surface area contributed by atoms with Crippen LogP contribution in [0.1, 0.15) is 82.0 Å². The van der Waals surface area contributed by atoms with E-state index in [2.05, 4.69) is 33.1 Å². The zero-order valence-electron chi connectivity index (χ0n) is 43.3. The molecule has 412 valence electrons. The normalized spacial score (nSPS) is 23.3. The van der Waals surface area contributed by atoms with Gasteiger partial charge in [0.2, 0.25) is 35.3 Å². The van der Waals surface area contributed by atoms with Gasteiger partial charge in [0, 0.05) is 119 Å². The Hall–Kier alpha value is -6.83. The van der Waals surface area contributed by atoms with Crippen molar-refractivity contribution in [3.63, 3.8) is 0 Å². The summed E-state index contributed by atoms with van der Waals surface area (Å²) in [6.07, 6.45) is 5.12. The Kier molecular flexibility index (Phi) is 18.6. The number of amides is 7. The number of phenolic OH excluding ortho intramolecular Hbond substituents is 2. The van der Waals surface area contributed by atoms with Gasteiger partial charge in [0.1, 0.15) is 17.2 Å². The maximum atomic E-state index is 13.5. The van der Waals surface area contributed by atoms with E-state index in [9.17, 15) is 53.4 Å². The van der Waals surface area contributed by atoms with E-state index in [4.69, 9.17) is 28.8 Å². The van der Waals surface area contributed by atoms with Crippen LogP contribution >= 0.6 is 0 Å². The third-order valence-corrected chi connectivity index (χ3v) is 15.0. The van der Waals surface area contributed by atoms with Crippen LogP contribution in [-0.4, -0.2) is 208 Å². The van der Waals surface area contributed by atoms with E-state index in [0.717, 1.165) is 56.9 Å². The van der Waals surface area contributed by atoms with Crippen molar-refractivity contribution in [3.8, 4) is 17.2 Å². The summed E-state index contributed by atoms with van der Waals surface area (Å²) in [5.74, 6) is -5.79. The van der Waals surface area contributed by atoms with E-state index in [0.29, 0.717) is 44.0 Å². The number of phenols is 2. The van der Waals surface area contributed by atoms with Gasteiger partial charge in [-0.2, -0.15) is 0 Å². The number of likely N-dealkylation sites (tertiary alicyclic amines) is 1. The molecule has 4 heterocycles. The van der Waals surface area contributed by atoms with Crippen LogP contribution in [0.3, 0.4) is 0 Å². The second-order valence-electron chi connectivity index (χ2n) is 19.7. The van der Waals surface area contributed by atoms with Gasteiger partial charge >= 0.3 is 0 Å². The Morgan fingerprint density at radius 2 is 1.42 bits per heavy atom.